The van der Waals surface area contributed by atoms with Crippen LogP contribution in [0, 0.1) is 5.82 Å². The maximum Gasteiger partial charge on any atom is 0.242 e. The zero-order chi connectivity index (χ0) is 20.0. The van der Waals surface area contributed by atoms with E-state index in [0.717, 1.165) is 5.56 Å². The number of ether oxygens (including phenoxy) is 1. The molecule has 1 aliphatic rings. The first-order valence-corrected chi connectivity index (χ1v) is 9.17. The molecule has 8 nitrogen and oxygen atoms in total. The smallest absolute Gasteiger partial charge is 0.242 e. The van der Waals surface area contributed by atoms with Gasteiger partial charge < -0.3 is 15.4 Å². The number of fused-ring (bicyclic) bond motifs is 3. The molecule has 2 aromatic carbocycles. The molecule has 0 spiro atoms. The Morgan fingerprint density at radius 3 is 2.93 bits per heavy atom. The molecule has 29 heavy (non-hydrogen) atoms. The van der Waals surface area contributed by atoms with E-state index < -0.39 is 11.9 Å². The summed E-state index contributed by atoms with van der Waals surface area (Å²) in [4.78, 5) is 21.2. The number of nitrogens with zero attached hydrogens (tertiary/aromatic N) is 4. The fraction of sp³-hybridized carbons (Fsp3) is 0.200. The van der Waals surface area contributed by atoms with Crippen molar-refractivity contribution in [3.8, 4) is 17.1 Å². The van der Waals surface area contributed by atoms with Gasteiger partial charge in [0.25, 0.3) is 0 Å². The van der Waals surface area contributed by atoms with Gasteiger partial charge in [0.05, 0.1) is 12.6 Å². The number of carbonyl (C=O) groups is 1. The lowest BCUT2D eigenvalue weighted by atomic mass is 10.2. The Morgan fingerprint density at radius 2 is 2.14 bits per heavy atom. The highest BCUT2D eigenvalue weighted by atomic mass is 19.1. The van der Waals surface area contributed by atoms with Gasteiger partial charge in [0, 0.05) is 23.6 Å². The van der Waals surface area contributed by atoms with Crippen LogP contribution in [0.2, 0.25) is 0 Å². The van der Waals surface area contributed by atoms with Crippen molar-refractivity contribution in [1.29, 1.82) is 0 Å². The fourth-order valence-corrected chi connectivity index (χ4v) is 3.45. The Balaban J connectivity index is 1.71. The van der Waals surface area contributed by atoms with Crippen molar-refractivity contribution in [1.82, 2.24) is 24.9 Å². The van der Waals surface area contributed by atoms with Crippen molar-refractivity contribution in [2.45, 2.75) is 12.5 Å². The van der Waals surface area contributed by atoms with Crippen LogP contribution >= 0.6 is 0 Å². The van der Waals surface area contributed by atoms with Crippen LogP contribution in [0.25, 0.3) is 27.9 Å². The van der Waals surface area contributed by atoms with Crippen LogP contribution in [0.3, 0.4) is 0 Å². The average Bonchev–Trinajstić information content (AvgIpc) is 3.35. The van der Waals surface area contributed by atoms with Crippen LogP contribution in [0.15, 0.2) is 42.5 Å². The van der Waals surface area contributed by atoms with Gasteiger partial charge in [-0.25, -0.2) is 14.4 Å². The van der Waals surface area contributed by atoms with E-state index in [4.69, 9.17) is 4.74 Å². The van der Waals surface area contributed by atoms with Gasteiger partial charge in [-0.1, -0.05) is 12.1 Å². The first-order chi connectivity index (χ1) is 14.1. The maximum atomic E-state index is 13.8. The summed E-state index contributed by atoms with van der Waals surface area (Å²) < 4.78 is 20.6. The van der Waals surface area contributed by atoms with Gasteiger partial charge in [0.15, 0.2) is 11.5 Å². The molecule has 1 amide bonds. The Bertz CT molecular complexity index is 1250. The van der Waals surface area contributed by atoms with Crippen LogP contribution in [-0.2, 0) is 4.79 Å². The van der Waals surface area contributed by atoms with Crippen LogP contribution in [-0.4, -0.2) is 45.2 Å². The summed E-state index contributed by atoms with van der Waals surface area (Å²) in [5.74, 6) is 0.995. The standard InChI is InChI=1S/C20H17FN6O2/c1-29-13-4-2-3-11(9-13)17-25-18-14-6-5-12(21)10-16(14)24-20(27(18)26-17)23-15-7-8-22-19(15)28/h2-6,9-10,15H,7-8H2,1H3,(H,22,28)(H,23,24)/t15-/m0/s1. The van der Waals surface area contributed by atoms with E-state index >= 15 is 0 Å². The Kier molecular flexibility index (Phi) is 4.01. The van der Waals surface area contributed by atoms with Gasteiger partial charge in [-0.15, -0.1) is 5.10 Å². The SMILES string of the molecule is COc1cccc(-c2nc3c4ccc(F)cc4nc(N[C@H]4CCNC4=O)n3n2)c1. The molecule has 0 unspecified atom stereocenters. The average molecular weight is 392 g/mol. The molecule has 1 saturated heterocycles. The number of halogens is 1. The van der Waals surface area contributed by atoms with Crippen molar-refractivity contribution >= 4 is 28.4 Å². The monoisotopic (exact) mass is 392 g/mol. The zero-order valence-electron chi connectivity index (χ0n) is 15.5. The maximum absolute atomic E-state index is 13.8. The molecule has 2 N–H and O–H groups in total. The topological polar surface area (TPSA) is 93.4 Å². The largest absolute Gasteiger partial charge is 0.497 e. The predicted octanol–water partition coefficient (Wildman–Crippen LogP) is 2.39. The quantitative estimate of drug-likeness (QED) is 0.554. The number of anilines is 1. The van der Waals surface area contributed by atoms with Crippen LogP contribution in [0.4, 0.5) is 10.3 Å². The summed E-state index contributed by atoms with van der Waals surface area (Å²) in [5.41, 5.74) is 1.73. The highest BCUT2D eigenvalue weighted by Gasteiger charge is 2.26. The number of rotatable bonds is 4. The second-order valence-electron chi connectivity index (χ2n) is 6.78. The van der Waals surface area contributed by atoms with Crippen molar-refractivity contribution in [3.63, 3.8) is 0 Å². The van der Waals surface area contributed by atoms with E-state index in [9.17, 15) is 9.18 Å². The minimum atomic E-state index is -0.429. The molecule has 9 heteroatoms. The molecule has 146 valence electrons. The summed E-state index contributed by atoms with van der Waals surface area (Å²) in [7, 11) is 1.59. The Labute approximate surface area is 164 Å². The van der Waals surface area contributed by atoms with E-state index in [-0.39, 0.29) is 5.91 Å². The third-order valence-electron chi connectivity index (χ3n) is 4.91. The number of benzene rings is 2. The van der Waals surface area contributed by atoms with E-state index in [1.807, 2.05) is 24.3 Å². The number of nitrogens with one attached hydrogen (secondary N) is 2. The highest BCUT2D eigenvalue weighted by Crippen LogP contribution is 2.27. The number of hydrogen-bond acceptors (Lipinski definition) is 6. The third-order valence-corrected chi connectivity index (χ3v) is 4.91. The number of methoxy groups -OCH3 is 1. The second-order valence-corrected chi connectivity index (χ2v) is 6.78. The molecule has 5 rings (SSSR count). The van der Waals surface area contributed by atoms with E-state index in [1.165, 1.54) is 12.1 Å². The Morgan fingerprint density at radius 1 is 1.24 bits per heavy atom. The molecular weight excluding hydrogens is 375 g/mol. The first-order valence-electron chi connectivity index (χ1n) is 9.17. The van der Waals surface area contributed by atoms with Gasteiger partial charge in [0.2, 0.25) is 11.9 Å². The van der Waals surface area contributed by atoms with Crippen LogP contribution in [0.1, 0.15) is 6.42 Å². The van der Waals surface area contributed by atoms with Gasteiger partial charge >= 0.3 is 0 Å². The molecule has 1 atom stereocenters. The predicted molar refractivity (Wildman–Crippen MR) is 105 cm³/mol. The molecular formula is C20H17FN6O2. The second kappa shape index (κ2) is 6.69. The van der Waals surface area contributed by atoms with Crippen molar-refractivity contribution in [2.75, 3.05) is 19.0 Å². The number of hydrogen-bond donors (Lipinski definition) is 2. The first kappa shape index (κ1) is 17.4. The summed E-state index contributed by atoms with van der Waals surface area (Å²) in [6, 6.07) is 11.3. The summed E-state index contributed by atoms with van der Waals surface area (Å²) in [6.07, 6.45) is 0.626. The molecule has 0 radical (unpaired) electrons. The van der Waals surface area contributed by atoms with Gasteiger partial charge in [-0.3, -0.25) is 4.79 Å². The van der Waals surface area contributed by atoms with Gasteiger partial charge in [0.1, 0.15) is 17.6 Å². The van der Waals surface area contributed by atoms with Gasteiger partial charge in [-0.2, -0.15) is 4.52 Å². The normalized spacial score (nSPS) is 16.3. The number of aromatic nitrogens is 4. The molecule has 1 aliphatic heterocycles. The lowest BCUT2D eigenvalue weighted by Gasteiger charge is -2.12. The molecule has 3 heterocycles. The zero-order valence-corrected chi connectivity index (χ0v) is 15.5. The van der Waals surface area contributed by atoms with Crippen LogP contribution in [0.5, 0.6) is 5.75 Å². The summed E-state index contributed by atoms with van der Waals surface area (Å²) in [5, 5.41) is 11.2. The lowest BCUT2D eigenvalue weighted by Crippen LogP contribution is -2.30. The minimum Gasteiger partial charge on any atom is -0.497 e. The summed E-state index contributed by atoms with van der Waals surface area (Å²) >= 11 is 0. The molecule has 4 aromatic rings. The van der Waals surface area contributed by atoms with Gasteiger partial charge in [-0.05, 0) is 30.7 Å². The minimum absolute atomic E-state index is 0.104. The van der Waals surface area contributed by atoms with Crippen LogP contribution < -0.4 is 15.4 Å². The molecule has 0 saturated carbocycles. The fourth-order valence-electron chi connectivity index (χ4n) is 3.45. The number of amides is 1. The van der Waals surface area contributed by atoms with E-state index in [2.05, 4.69) is 25.7 Å². The molecule has 2 aromatic heterocycles. The molecule has 0 aliphatic carbocycles. The lowest BCUT2D eigenvalue weighted by molar-refractivity contribution is -0.119. The summed E-state index contributed by atoms with van der Waals surface area (Å²) in [6.45, 7) is 0.592. The Hall–Kier alpha value is -3.75. The van der Waals surface area contributed by atoms with Crippen molar-refractivity contribution in [3.05, 3.63) is 48.3 Å². The number of carbonyl (C=O) groups excluding carboxylic acids is 1. The molecule has 0 bridgehead atoms. The molecule has 1 fully saturated rings. The van der Waals surface area contributed by atoms with Crippen molar-refractivity contribution < 1.29 is 13.9 Å². The third kappa shape index (κ3) is 3.00. The van der Waals surface area contributed by atoms with E-state index in [0.29, 0.717) is 47.0 Å². The van der Waals surface area contributed by atoms with Crippen molar-refractivity contribution in [2.24, 2.45) is 0 Å². The highest BCUT2D eigenvalue weighted by molar-refractivity contribution is 5.93. The van der Waals surface area contributed by atoms with E-state index in [1.54, 1.807) is 17.7 Å².